The standard InChI is InChI=1S/C62H106N8O11/c1-10-12-13-14-18-24-48(72)33-44(23-19-27-63)60(79)70-57(42(9)11-2)56(76)34-45(26-29-65)59(78)68-52(32-43-21-16-15-17-22-43)53(73)35-46(30-39(3)4)61(80)67-50(25-20-28-64)55(75)37-49(41(7)8)62(81)69-51(31-40(5)6)54(74)36-47(38-71)58(66)77/h15-17,21-22,39-42,44-47,49-52,57,71H,10-14,18-20,23-38,63-65H2,1-9H3,(H2,66,77)(H,67,80)(H,68,78)(H,69,81)(H,70,79)/t42-,44+,45+,46+,47-,49+,50-,51-,52+,57-/m0/s1. The van der Waals surface area contributed by atoms with E-state index in [0.717, 1.165) is 37.7 Å². The first kappa shape index (κ1) is 73.8. The van der Waals surface area contributed by atoms with Crippen LogP contribution in [0.25, 0.3) is 0 Å². The molecule has 460 valence electrons. The van der Waals surface area contributed by atoms with E-state index in [9.17, 15) is 53.1 Å². The molecule has 0 aliphatic rings. The van der Waals surface area contributed by atoms with Gasteiger partial charge in [-0.15, -0.1) is 0 Å². The van der Waals surface area contributed by atoms with E-state index in [-0.39, 0.29) is 113 Å². The van der Waals surface area contributed by atoms with Crippen molar-refractivity contribution in [1.29, 1.82) is 0 Å². The number of benzene rings is 1. The van der Waals surface area contributed by atoms with Crippen molar-refractivity contribution in [2.24, 2.45) is 76.2 Å². The minimum atomic E-state index is -1.15. The second kappa shape index (κ2) is 40.9. The van der Waals surface area contributed by atoms with Gasteiger partial charge in [0, 0.05) is 62.2 Å². The average molecular weight is 1140 g/mol. The van der Waals surface area contributed by atoms with Crippen molar-refractivity contribution in [3.05, 3.63) is 35.9 Å². The van der Waals surface area contributed by atoms with Crippen molar-refractivity contribution in [1.82, 2.24) is 21.3 Å². The van der Waals surface area contributed by atoms with Gasteiger partial charge in [-0.2, -0.15) is 0 Å². The number of amides is 5. The maximum Gasteiger partial charge on any atom is 0.224 e. The first-order valence-corrected chi connectivity index (χ1v) is 30.3. The molecule has 0 bridgehead atoms. The molecule has 1 aromatic carbocycles. The first-order chi connectivity index (χ1) is 38.4. The first-order valence-electron chi connectivity index (χ1n) is 30.3. The summed E-state index contributed by atoms with van der Waals surface area (Å²) in [5.74, 6) is -10.3. The number of carbonyl (C=O) groups is 10. The van der Waals surface area contributed by atoms with Crippen molar-refractivity contribution < 1.29 is 53.1 Å². The molecule has 0 saturated heterocycles. The fourth-order valence-corrected chi connectivity index (χ4v) is 10.1. The van der Waals surface area contributed by atoms with E-state index in [4.69, 9.17) is 22.9 Å². The van der Waals surface area contributed by atoms with E-state index in [2.05, 4.69) is 28.2 Å². The summed E-state index contributed by atoms with van der Waals surface area (Å²) in [5.41, 5.74) is 23.9. The fraction of sp³-hybridized carbons (Fsp3) is 0.742. The lowest BCUT2D eigenvalue weighted by molar-refractivity contribution is -0.137. The Bertz CT molecular complexity index is 2100. The Morgan fingerprint density at radius 1 is 0.506 bits per heavy atom. The van der Waals surface area contributed by atoms with E-state index in [1.807, 2.05) is 59.7 Å². The van der Waals surface area contributed by atoms with Gasteiger partial charge in [-0.1, -0.05) is 125 Å². The summed E-state index contributed by atoms with van der Waals surface area (Å²) < 4.78 is 0. The Morgan fingerprint density at radius 2 is 1.02 bits per heavy atom. The number of primary amides is 1. The molecular weight excluding hydrogens is 1030 g/mol. The van der Waals surface area contributed by atoms with Crippen molar-refractivity contribution in [2.45, 2.75) is 215 Å². The number of hydrogen-bond donors (Lipinski definition) is 9. The van der Waals surface area contributed by atoms with Gasteiger partial charge in [0.25, 0.3) is 0 Å². The molecule has 0 saturated carbocycles. The van der Waals surface area contributed by atoms with Crippen LogP contribution in [0, 0.1) is 53.3 Å². The number of aliphatic hydroxyl groups excluding tert-OH is 1. The number of unbranched alkanes of at least 4 members (excludes halogenated alkanes) is 4. The van der Waals surface area contributed by atoms with Gasteiger partial charge < -0.3 is 49.3 Å². The third-order valence-electron chi connectivity index (χ3n) is 15.4. The van der Waals surface area contributed by atoms with Crippen LogP contribution in [0.15, 0.2) is 30.3 Å². The van der Waals surface area contributed by atoms with Crippen molar-refractivity contribution in [3.63, 3.8) is 0 Å². The lowest BCUT2D eigenvalue weighted by Crippen LogP contribution is -2.50. The van der Waals surface area contributed by atoms with Crippen LogP contribution in [0.2, 0.25) is 0 Å². The molecular formula is C62H106N8O11. The number of rotatable bonds is 47. The predicted octanol–water partition coefficient (Wildman–Crippen LogP) is 5.50. The molecule has 1 aromatic rings. The van der Waals surface area contributed by atoms with Gasteiger partial charge in [-0.3, -0.25) is 47.9 Å². The number of aliphatic hydroxyl groups is 1. The summed E-state index contributed by atoms with van der Waals surface area (Å²) in [7, 11) is 0. The number of Topliss-reactive ketones (excluding diaryl/α,β-unsaturated/α-hetero) is 5. The maximum atomic E-state index is 14.7. The highest BCUT2D eigenvalue weighted by Gasteiger charge is 2.37. The van der Waals surface area contributed by atoms with Crippen LogP contribution >= 0.6 is 0 Å². The zero-order valence-corrected chi connectivity index (χ0v) is 50.7. The van der Waals surface area contributed by atoms with E-state index >= 15 is 0 Å². The number of nitrogens with one attached hydrogen (secondary N) is 4. The molecule has 10 atom stereocenters. The summed E-state index contributed by atoms with van der Waals surface area (Å²) in [6.45, 7) is 16.8. The molecule has 13 N–H and O–H groups in total. The molecule has 81 heavy (non-hydrogen) atoms. The molecule has 0 fully saturated rings. The third-order valence-corrected chi connectivity index (χ3v) is 15.4. The summed E-state index contributed by atoms with van der Waals surface area (Å²) in [4.78, 5) is 139. The van der Waals surface area contributed by atoms with Crippen LogP contribution in [0.3, 0.4) is 0 Å². The SMILES string of the molecule is CCCCCCCC(=O)C[C@@H](CCCN)C(=O)N[C@H](C(=O)C[C@@H](CCN)C(=O)N[C@H](Cc1ccccc1)C(=O)C[C@@H](CC(C)C)C(=O)N[C@@H](CCCN)C(=O)C[C@@H](C(=O)N[C@@H](CC(C)C)C(=O)C[C@@H](CO)C(N)=O)C(C)C)[C@@H](C)CC. The van der Waals surface area contributed by atoms with Crippen LogP contribution in [-0.2, 0) is 54.4 Å². The topological polar surface area (TPSA) is 343 Å². The Kier molecular flexibility index (Phi) is 37.2. The molecule has 1 rings (SSSR count). The minimum Gasteiger partial charge on any atom is -0.396 e. The van der Waals surface area contributed by atoms with Crippen molar-refractivity contribution >= 4 is 58.5 Å². The largest absolute Gasteiger partial charge is 0.396 e. The van der Waals surface area contributed by atoms with Crippen LogP contribution in [-0.4, -0.2) is 114 Å². The number of ketones is 5. The normalized spacial score (nSPS) is 15.3. The second-order valence-corrected chi connectivity index (χ2v) is 23.8. The van der Waals surface area contributed by atoms with Gasteiger partial charge in [0.2, 0.25) is 29.5 Å². The lowest BCUT2D eigenvalue weighted by Gasteiger charge is -2.28. The van der Waals surface area contributed by atoms with Crippen LogP contribution < -0.4 is 44.2 Å². The van der Waals surface area contributed by atoms with Gasteiger partial charge in [0.15, 0.2) is 23.1 Å². The molecule has 0 unspecified atom stereocenters. The molecule has 19 heteroatoms. The van der Waals surface area contributed by atoms with Gasteiger partial charge in [0.05, 0.1) is 36.7 Å². The molecule has 0 heterocycles. The van der Waals surface area contributed by atoms with E-state index in [0.29, 0.717) is 38.6 Å². The fourth-order valence-electron chi connectivity index (χ4n) is 10.1. The maximum absolute atomic E-state index is 14.7. The Balaban J connectivity index is 3.51. The second-order valence-electron chi connectivity index (χ2n) is 23.8. The molecule has 19 nitrogen and oxygen atoms in total. The molecule has 0 aliphatic heterocycles. The van der Waals surface area contributed by atoms with Gasteiger partial charge in [-0.25, -0.2) is 0 Å². The van der Waals surface area contributed by atoms with Crippen LogP contribution in [0.1, 0.15) is 190 Å². The molecule has 0 spiro atoms. The average Bonchev–Trinajstić information content (AvgIpc) is 3.42. The minimum absolute atomic E-state index is 0.00947. The van der Waals surface area contributed by atoms with Crippen LogP contribution in [0.4, 0.5) is 0 Å². The summed E-state index contributed by atoms with van der Waals surface area (Å²) in [5, 5.41) is 21.2. The van der Waals surface area contributed by atoms with Crippen LogP contribution in [0.5, 0.6) is 0 Å². The Morgan fingerprint density at radius 3 is 1.58 bits per heavy atom. The molecule has 0 aliphatic carbocycles. The van der Waals surface area contributed by atoms with E-state index in [1.54, 1.807) is 26.0 Å². The zero-order chi connectivity index (χ0) is 61.2. The zero-order valence-electron chi connectivity index (χ0n) is 50.7. The predicted molar refractivity (Wildman–Crippen MR) is 317 cm³/mol. The van der Waals surface area contributed by atoms with E-state index in [1.165, 1.54) is 0 Å². The van der Waals surface area contributed by atoms with Crippen molar-refractivity contribution in [3.8, 4) is 0 Å². The van der Waals surface area contributed by atoms with E-state index < -0.39 is 107 Å². The summed E-state index contributed by atoms with van der Waals surface area (Å²) in [6.07, 6.45) is 6.61. The molecule has 0 aromatic heterocycles. The lowest BCUT2D eigenvalue weighted by atomic mass is 9.85. The highest BCUT2D eigenvalue weighted by molar-refractivity contribution is 5.98. The van der Waals surface area contributed by atoms with Gasteiger partial charge >= 0.3 is 0 Å². The Labute approximate surface area is 484 Å². The number of nitrogens with two attached hydrogens (primary N) is 4. The number of carbonyl (C=O) groups excluding carboxylic acids is 10. The Hall–Kier alpha value is -5.24. The van der Waals surface area contributed by atoms with Gasteiger partial charge in [-0.05, 0) is 107 Å². The summed E-state index contributed by atoms with van der Waals surface area (Å²) >= 11 is 0. The van der Waals surface area contributed by atoms with Gasteiger partial charge in [0.1, 0.15) is 5.78 Å². The quantitative estimate of drug-likeness (QED) is 0.0364. The highest BCUT2D eigenvalue weighted by Crippen LogP contribution is 2.25. The number of hydrogen-bond acceptors (Lipinski definition) is 14. The van der Waals surface area contributed by atoms with Crippen molar-refractivity contribution in [2.75, 3.05) is 26.2 Å². The third kappa shape index (κ3) is 29.0. The summed E-state index contributed by atoms with van der Waals surface area (Å²) in [6, 6.07) is 4.82. The molecule has 5 amide bonds. The highest BCUT2D eigenvalue weighted by atomic mass is 16.3. The smallest absolute Gasteiger partial charge is 0.224 e. The monoisotopic (exact) mass is 1140 g/mol. The molecule has 0 radical (unpaired) electrons.